The van der Waals surface area contributed by atoms with Crippen LogP contribution in [0.2, 0.25) is 0 Å². The fourth-order valence-corrected chi connectivity index (χ4v) is 4.51. The first-order valence-corrected chi connectivity index (χ1v) is 11.4. The third-order valence-corrected chi connectivity index (χ3v) is 6.11. The monoisotopic (exact) mass is 420 g/mol. The molecule has 6 heteroatoms. The predicted molar refractivity (Wildman–Crippen MR) is 124 cm³/mol. The van der Waals surface area contributed by atoms with Crippen LogP contribution < -0.4 is 5.69 Å². The molecule has 1 aliphatic rings. The first-order valence-electron chi connectivity index (χ1n) is 11.4. The summed E-state index contributed by atoms with van der Waals surface area (Å²) in [5, 5.41) is 0. The van der Waals surface area contributed by atoms with E-state index in [9.17, 15) is 9.59 Å². The second-order valence-corrected chi connectivity index (χ2v) is 8.32. The molecule has 1 amide bonds. The van der Waals surface area contributed by atoms with Crippen molar-refractivity contribution in [2.75, 3.05) is 26.2 Å². The summed E-state index contributed by atoms with van der Waals surface area (Å²) in [6.45, 7) is 7.55. The van der Waals surface area contributed by atoms with E-state index in [1.165, 1.54) is 5.56 Å². The lowest BCUT2D eigenvalue weighted by Crippen LogP contribution is -2.36. The van der Waals surface area contributed by atoms with Gasteiger partial charge in [-0.2, -0.15) is 0 Å². The molecular formula is C25H32N4O2. The SMILES string of the molecule is CCCn1c(=O)n(CCC(=O)N2CCCN(Cc3ccccc3)CC2)c2ccccc21. The number of carbonyl (C=O) groups excluding carboxylic acids is 1. The van der Waals surface area contributed by atoms with E-state index in [0.717, 1.165) is 56.6 Å². The molecule has 1 aliphatic heterocycles. The number of aryl methyl sites for hydroxylation is 2. The highest BCUT2D eigenvalue weighted by Crippen LogP contribution is 2.15. The second-order valence-electron chi connectivity index (χ2n) is 8.32. The van der Waals surface area contributed by atoms with Gasteiger partial charge in [-0.3, -0.25) is 18.8 Å². The minimum atomic E-state index is -0.0132. The summed E-state index contributed by atoms with van der Waals surface area (Å²) >= 11 is 0. The Bertz CT molecular complexity index is 1070. The third-order valence-electron chi connectivity index (χ3n) is 6.11. The Morgan fingerprint density at radius 3 is 2.23 bits per heavy atom. The molecule has 4 rings (SSSR count). The average molecular weight is 421 g/mol. The molecular weight excluding hydrogens is 388 g/mol. The molecule has 0 aliphatic carbocycles. The van der Waals surface area contributed by atoms with Crippen LogP contribution in [-0.4, -0.2) is 51.0 Å². The third kappa shape index (κ3) is 4.90. The van der Waals surface area contributed by atoms with E-state index in [1.54, 1.807) is 4.57 Å². The van der Waals surface area contributed by atoms with Crippen molar-refractivity contribution >= 4 is 16.9 Å². The highest BCUT2D eigenvalue weighted by atomic mass is 16.2. The van der Waals surface area contributed by atoms with Crippen molar-refractivity contribution in [2.24, 2.45) is 0 Å². The lowest BCUT2D eigenvalue weighted by atomic mass is 10.2. The summed E-state index contributed by atoms with van der Waals surface area (Å²) in [6, 6.07) is 18.4. The molecule has 1 aromatic heterocycles. The fourth-order valence-electron chi connectivity index (χ4n) is 4.51. The van der Waals surface area contributed by atoms with Gasteiger partial charge in [0.2, 0.25) is 5.91 Å². The lowest BCUT2D eigenvalue weighted by molar-refractivity contribution is -0.131. The highest BCUT2D eigenvalue weighted by molar-refractivity contribution is 5.78. The summed E-state index contributed by atoms with van der Waals surface area (Å²) in [5.74, 6) is 0.140. The van der Waals surface area contributed by atoms with Crippen molar-refractivity contribution in [3.8, 4) is 0 Å². The number of fused-ring (bicyclic) bond motifs is 1. The lowest BCUT2D eigenvalue weighted by Gasteiger charge is -2.22. The number of imidazole rings is 1. The summed E-state index contributed by atoms with van der Waals surface area (Å²) in [5.41, 5.74) is 3.16. The maximum atomic E-state index is 13.0. The number of carbonyl (C=O) groups is 1. The quantitative estimate of drug-likeness (QED) is 0.589. The smallest absolute Gasteiger partial charge is 0.329 e. The van der Waals surface area contributed by atoms with E-state index in [0.29, 0.717) is 19.5 Å². The first-order chi connectivity index (χ1) is 15.2. The van der Waals surface area contributed by atoms with Crippen molar-refractivity contribution in [3.63, 3.8) is 0 Å². The molecule has 31 heavy (non-hydrogen) atoms. The van der Waals surface area contributed by atoms with Crippen LogP contribution in [0.3, 0.4) is 0 Å². The average Bonchev–Trinajstić information content (AvgIpc) is 2.93. The predicted octanol–water partition coefficient (Wildman–Crippen LogP) is 3.34. The van der Waals surface area contributed by atoms with Gasteiger partial charge in [0.1, 0.15) is 0 Å². The van der Waals surface area contributed by atoms with E-state index in [1.807, 2.05) is 39.8 Å². The van der Waals surface area contributed by atoms with E-state index in [4.69, 9.17) is 0 Å². The number of rotatable bonds is 7. The topological polar surface area (TPSA) is 50.5 Å². The van der Waals surface area contributed by atoms with Crippen molar-refractivity contribution in [1.29, 1.82) is 0 Å². The second kappa shape index (κ2) is 9.96. The van der Waals surface area contributed by atoms with Crippen molar-refractivity contribution in [2.45, 2.75) is 45.8 Å². The molecule has 0 spiro atoms. The van der Waals surface area contributed by atoms with Crippen LogP contribution in [0, 0.1) is 0 Å². The highest BCUT2D eigenvalue weighted by Gasteiger charge is 2.20. The maximum Gasteiger partial charge on any atom is 0.329 e. The van der Waals surface area contributed by atoms with Crippen LogP contribution in [0.5, 0.6) is 0 Å². The molecule has 0 saturated carbocycles. The summed E-state index contributed by atoms with van der Waals surface area (Å²) in [7, 11) is 0. The van der Waals surface area contributed by atoms with E-state index >= 15 is 0 Å². The van der Waals surface area contributed by atoms with Gasteiger partial charge in [0, 0.05) is 52.2 Å². The van der Waals surface area contributed by atoms with Gasteiger partial charge < -0.3 is 4.90 Å². The molecule has 3 aromatic rings. The van der Waals surface area contributed by atoms with Gasteiger partial charge in [-0.1, -0.05) is 49.4 Å². The van der Waals surface area contributed by atoms with Gasteiger partial charge >= 0.3 is 5.69 Å². The standard InChI is InChI=1S/C25H32N4O2/c1-2-14-28-22-11-6-7-12-23(22)29(25(28)31)17-13-24(30)27-16-8-15-26(18-19-27)20-21-9-4-3-5-10-21/h3-7,9-12H,2,8,13-20H2,1H3. The van der Waals surface area contributed by atoms with Gasteiger partial charge in [-0.05, 0) is 30.5 Å². The van der Waals surface area contributed by atoms with Crippen molar-refractivity contribution in [3.05, 3.63) is 70.6 Å². The Kier molecular flexibility index (Phi) is 6.87. The van der Waals surface area contributed by atoms with Gasteiger partial charge in [0.05, 0.1) is 11.0 Å². The Labute approximate surface area is 183 Å². The largest absolute Gasteiger partial charge is 0.341 e. The van der Waals surface area contributed by atoms with Crippen molar-refractivity contribution in [1.82, 2.24) is 18.9 Å². The van der Waals surface area contributed by atoms with Gasteiger partial charge in [-0.15, -0.1) is 0 Å². The molecule has 6 nitrogen and oxygen atoms in total. The van der Waals surface area contributed by atoms with Gasteiger partial charge in [0.25, 0.3) is 0 Å². The van der Waals surface area contributed by atoms with E-state index < -0.39 is 0 Å². The van der Waals surface area contributed by atoms with Crippen LogP contribution in [-0.2, 0) is 24.4 Å². The zero-order valence-corrected chi connectivity index (χ0v) is 18.4. The maximum absolute atomic E-state index is 13.0. The van der Waals surface area contributed by atoms with Crippen LogP contribution in [0.4, 0.5) is 0 Å². The molecule has 0 N–H and O–H groups in total. The Morgan fingerprint density at radius 2 is 1.52 bits per heavy atom. The zero-order valence-electron chi connectivity index (χ0n) is 18.4. The molecule has 1 fully saturated rings. The summed E-state index contributed by atoms with van der Waals surface area (Å²) in [6.07, 6.45) is 2.24. The number of hydrogen-bond acceptors (Lipinski definition) is 3. The van der Waals surface area contributed by atoms with Crippen LogP contribution in [0.25, 0.3) is 11.0 Å². The Morgan fingerprint density at radius 1 is 0.839 bits per heavy atom. The van der Waals surface area contributed by atoms with Crippen LogP contribution in [0.15, 0.2) is 59.4 Å². The number of amides is 1. The minimum absolute atomic E-state index is 0.0132. The van der Waals surface area contributed by atoms with Gasteiger partial charge in [-0.25, -0.2) is 4.79 Å². The normalized spacial score (nSPS) is 15.3. The van der Waals surface area contributed by atoms with Gasteiger partial charge in [0.15, 0.2) is 0 Å². The number of para-hydroxylation sites is 2. The van der Waals surface area contributed by atoms with E-state index in [2.05, 4.69) is 36.1 Å². The molecule has 0 radical (unpaired) electrons. The molecule has 1 saturated heterocycles. The number of nitrogens with zero attached hydrogens (tertiary/aromatic N) is 4. The Balaban J connectivity index is 1.38. The molecule has 2 heterocycles. The van der Waals surface area contributed by atoms with Crippen LogP contribution >= 0.6 is 0 Å². The van der Waals surface area contributed by atoms with Crippen LogP contribution in [0.1, 0.15) is 31.7 Å². The Hall–Kier alpha value is -2.86. The first kappa shape index (κ1) is 21.4. The number of hydrogen-bond donors (Lipinski definition) is 0. The molecule has 0 bridgehead atoms. The fraction of sp³-hybridized carbons (Fsp3) is 0.440. The summed E-state index contributed by atoms with van der Waals surface area (Å²) < 4.78 is 3.59. The number of benzene rings is 2. The number of aromatic nitrogens is 2. The molecule has 0 unspecified atom stereocenters. The summed E-state index contributed by atoms with van der Waals surface area (Å²) in [4.78, 5) is 30.3. The minimum Gasteiger partial charge on any atom is -0.341 e. The molecule has 2 aromatic carbocycles. The molecule has 164 valence electrons. The zero-order chi connectivity index (χ0) is 21.6. The van der Waals surface area contributed by atoms with E-state index in [-0.39, 0.29) is 11.6 Å². The molecule has 0 atom stereocenters. The van der Waals surface area contributed by atoms with Crippen molar-refractivity contribution < 1.29 is 4.79 Å².